The summed E-state index contributed by atoms with van der Waals surface area (Å²) in [6.07, 6.45) is 5.29. The number of anilines is 1. The first-order valence-corrected chi connectivity index (χ1v) is 6.74. The van der Waals surface area contributed by atoms with Gasteiger partial charge in [-0.2, -0.15) is 0 Å². The van der Waals surface area contributed by atoms with Crippen molar-refractivity contribution in [1.29, 1.82) is 0 Å². The summed E-state index contributed by atoms with van der Waals surface area (Å²) in [5, 5.41) is 3.61. The van der Waals surface area contributed by atoms with Gasteiger partial charge in [-0.05, 0) is 30.9 Å². The minimum atomic E-state index is 0.564. The lowest BCUT2D eigenvalue weighted by Gasteiger charge is -2.18. The highest BCUT2D eigenvalue weighted by Gasteiger charge is 2.16. The Labute approximate surface area is 104 Å². The van der Waals surface area contributed by atoms with Crippen molar-refractivity contribution in [2.75, 3.05) is 11.9 Å². The average molecular weight is 233 g/mol. The maximum Gasteiger partial charge on any atom is 0.142 e. The van der Waals surface area contributed by atoms with E-state index >= 15 is 0 Å². The molecule has 0 bridgehead atoms. The molecule has 17 heavy (non-hydrogen) atoms. The number of hydrogen-bond acceptors (Lipinski definition) is 2. The number of para-hydroxylation sites is 2. The molecule has 0 aliphatic heterocycles. The van der Waals surface area contributed by atoms with E-state index in [1.54, 1.807) is 0 Å². The molecule has 1 aromatic rings. The van der Waals surface area contributed by atoms with Crippen LogP contribution < -0.4 is 10.1 Å². The van der Waals surface area contributed by atoms with Crippen LogP contribution in [0.5, 0.6) is 5.75 Å². The second kappa shape index (κ2) is 5.95. The molecule has 0 radical (unpaired) electrons. The zero-order chi connectivity index (χ0) is 12.1. The summed E-state index contributed by atoms with van der Waals surface area (Å²) in [4.78, 5) is 0. The van der Waals surface area contributed by atoms with E-state index in [1.165, 1.54) is 25.7 Å². The highest BCUT2D eigenvalue weighted by molar-refractivity contribution is 5.56. The summed E-state index contributed by atoms with van der Waals surface area (Å²) >= 11 is 0. The summed E-state index contributed by atoms with van der Waals surface area (Å²) in [6.45, 7) is 5.13. The van der Waals surface area contributed by atoms with Crippen molar-refractivity contribution < 1.29 is 4.74 Å². The summed E-state index contributed by atoms with van der Waals surface area (Å²) in [5.41, 5.74) is 1.15. The van der Waals surface area contributed by atoms with Crippen molar-refractivity contribution in [3.8, 4) is 5.75 Å². The molecule has 0 amide bonds. The van der Waals surface area contributed by atoms with E-state index in [0.717, 1.165) is 18.0 Å². The Morgan fingerprint density at radius 1 is 1.24 bits per heavy atom. The molecule has 1 aliphatic carbocycles. The third kappa shape index (κ3) is 3.65. The first-order valence-electron chi connectivity index (χ1n) is 6.74. The van der Waals surface area contributed by atoms with Crippen LogP contribution in [0, 0.1) is 5.92 Å². The fraction of sp³-hybridized carbons (Fsp3) is 0.600. The molecule has 1 aromatic carbocycles. The first kappa shape index (κ1) is 12.3. The van der Waals surface area contributed by atoms with Crippen LogP contribution in [0.3, 0.4) is 0 Å². The number of ether oxygens (including phenoxy) is 1. The van der Waals surface area contributed by atoms with Gasteiger partial charge in [-0.3, -0.25) is 0 Å². The van der Waals surface area contributed by atoms with Crippen LogP contribution in [-0.2, 0) is 0 Å². The summed E-state index contributed by atoms with van der Waals surface area (Å²) < 4.78 is 5.85. The second-order valence-electron chi connectivity index (χ2n) is 5.33. The highest BCUT2D eigenvalue weighted by Crippen LogP contribution is 2.28. The molecule has 0 saturated heterocycles. The number of rotatable bonds is 5. The van der Waals surface area contributed by atoms with Crippen LogP contribution in [0.4, 0.5) is 5.69 Å². The Kier molecular flexibility index (Phi) is 4.29. The van der Waals surface area contributed by atoms with Gasteiger partial charge in [0.05, 0.1) is 12.3 Å². The lowest BCUT2D eigenvalue weighted by Crippen LogP contribution is -2.15. The molecule has 0 aromatic heterocycles. The van der Waals surface area contributed by atoms with Crippen molar-refractivity contribution in [2.24, 2.45) is 5.92 Å². The van der Waals surface area contributed by atoms with Crippen LogP contribution in [-0.4, -0.2) is 12.6 Å². The maximum absolute atomic E-state index is 5.85. The molecule has 1 saturated carbocycles. The molecular weight excluding hydrogens is 210 g/mol. The molecule has 2 rings (SSSR count). The maximum atomic E-state index is 5.85. The topological polar surface area (TPSA) is 21.3 Å². The fourth-order valence-corrected chi connectivity index (χ4v) is 2.26. The Morgan fingerprint density at radius 2 is 1.94 bits per heavy atom. The standard InChI is InChI=1S/C15H23NO/c1-12(2)11-17-15-10-6-5-9-14(15)16-13-7-3-4-8-13/h5-6,9-10,12-13,16H,3-4,7-8,11H2,1-2H3. The van der Waals surface area contributed by atoms with E-state index in [0.29, 0.717) is 12.0 Å². The van der Waals surface area contributed by atoms with E-state index in [1.807, 2.05) is 6.07 Å². The zero-order valence-corrected chi connectivity index (χ0v) is 10.9. The molecule has 0 unspecified atom stereocenters. The van der Waals surface area contributed by atoms with E-state index in [-0.39, 0.29) is 0 Å². The minimum Gasteiger partial charge on any atom is -0.491 e. The Bertz CT molecular complexity index is 343. The molecule has 2 heteroatoms. The van der Waals surface area contributed by atoms with Crippen LogP contribution in [0.1, 0.15) is 39.5 Å². The zero-order valence-electron chi connectivity index (χ0n) is 10.9. The third-order valence-corrected chi connectivity index (χ3v) is 3.17. The van der Waals surface area contributed by atoms with Gasteiger partial charge in [-0.1, -0.05) is 38.8 Å². The van der Waals surface area contributed by atoms with E-state index < -0.39 is 0 Å². The molecule has 1 N–H and O–H groups in total. The van der Waals surface area contributed by atoms with Gasteiger partial charge in [0, 0.05) is 6.04 Å². The average Bonchev–Trinajstić information content (AvgIpc) is 2.80. The Balaban J connectivity index is 1.99. The molecule has 2 nitrogen and oxygen atoms in total. The quantitative estimate of drug-likeness (QED) is 0.827. The highest BCUT2D eigenvalue weighted by atomic mass is 16.5. The van der Waals surface area contributed by atoms with Crippen molar-refractivity contribution in [3.05, 3.63) is 24.3 Å². The van der Waals surface area contributed by atoms with Gasteiger partial charge in [0.2, 0.25) is 0 Å². The Morgan fingerprint density at radius 3 is 2.65 bits per heavy atom. The van der Waals surface area contributed by atoms with Gasteiger partial charge in [0.25, 0.3) is 0 Å². The van der Waals surface area contributed by atoms with Crippen molar-refractivity contribution >= 4 is 5.69 Å². The number of nitrogens with one attached hydrogen (secondary N) is 1. The third-order valence-electron chi connectivity index (χ3n) is 3.17. The van der Waals surface area contributed by atoms with Gasteiger partial charge in [-0.25, -0.2) is 0 Å². The minimum absolute atomic E-state index is 0.564. The molecule has 1 fully saturated rings. The number of hydrogen-bond donors (Lipinski definition) is 1. The lowest BCUT2D eigenvalue weighted by molar-refractivity contribution is 0.272. The van der Waals surface area contributed by atoms with Gasteiger partial charge in [-0.15, -0.1) is 0 Å². The van der Waals surface area contributed by atoms with E-state index in [9.17, 15) is 0 Å². The number of benzene rings is 1. The van der Waals surface area contributed by atoms with Gasteiger partial charge >= 0.3 is 0 Å². The normalized spacial score (nSPS) is 16.4. The van der Waals surface area contributed by atoms with Gasteiger partial charge in [0.15, 0.2) is 0 Å². The predicted molar refractivity (Wildman–Crippen MR) is 72.7 cm³/mol. The summed E-state index contributed by atoms with van der Waals surface area (Å²) in [5.74, 6) is 1.56. The SMILES string of the molecule is CC(C)COc1ccccc1NC1CCCC1. The second-order valence-corrected chi connectivity index (χ2v) is 5.33. The predicted octanol–water partition coefficient (Wildman–Crippen LogP) is 4.08. The largest absolute Gasteiger partial charge is 0.491 e. The monoisotopic (exact) mass is 233 g/mol. The smallest absolute Gasteiger partial charge is 0.142 e. The summed E-state index contributed by atoms with van der Waals surface area (Å²) in [6, 6.07) is 8.92. The molecule has 94 valence electrons. The molecule has 0 heterocycles. The van der Waals surface area contributed by atoms with Crippen LogP contribution in [0.2, 0.25) is 0 Å². The lowest BCUT2D eigenvalue weighted by atomic mass is 10.2. The van der Waals surface area contributed by atoms with Crippen LogP contribution >= 0.6 is 0 Å². The van der Waals surface area contributed by atoms with Crippen molar-refractivity contribution in [2.45, 2.75) is 45.6 Å². The van der Waals surface area contributed by atoms with Crippen LogP contribution in [0.15, 0.2) is 24.3 Å². The van der Waals surface area contributed by atoms with E-state index in [4.69, 9.17) is 4.74 Å². The first-order chi connectivity index (χ1) is 8.25. The van der Waals surface area contributed by atoms with Gasteiger partial charge < -0.3 is 10.1 Å². The molecular formula is C15H23NO. The molecule has 1 aliphatic rings. The van der Waals surface area contributed by atoms with E-state index in [2.05, 4.69) is 37.4 Å². The van der Waals surface area contributed by atoms with Crippen molar-refractivity contribution in [3.63, 3.8) is 0 Å². The fourth-order valence-electron chi connectivity index (χ4n) is 2.26. The van der Waals surface area contributed by atoms with Gasteiger partial charge in [0.1, 0.15) is 5.75 Å². The summed E-state index contributed by atoms with van der Waals surface area (Å²) in [7, 11) is 0. The molecule has 0 atom stereocenters. The van der Waals surface area contributed by atoms with Crippen LogP contribution in [0.25, 0.3) is 0 Å². The molecule has 0 spiro atoms. The Hall–Kier alpha value is -1.18. The van der Waals surface area contributed by atoms with Crippen molar-refractivity contribution in [1.82, 2.24) is 0 Å².